The number of hydrogen-bond acceptors (Lipinski definition) is 4. The number of anilines is 4. The number of hydrogen-bond donors (Lipinski definition) is 2. The first kappa shape index (κ1) is 26.0. The standard InChI is InChI=1S/C36H31BN2S2/c1-23-19-20-30(29(21-23)36(2)28-16-7-9-18-32(28)41-35(36)37)39-34-33(27-15-6-8-17-31(27)40-34)38-26-14-10-13-25(22-26)24-11-4-3-5-12-24/h3-22,35,38-39H,37H2,1-2H3/t35-,36?/m1/s1. The third kappa shape index (κ3) is 4.63. The van der Waals surface area contributed by atoms with Gasteiger partial charge in [0.05, 0.1) is 5.69 Å². The van der Waals surface area contributed by atoms with Crippen LogP contribution < -0.4 is 10.6 Å². The molecule has 2 atom stereocenters. The summed E-state index contributed by atoms with van der Waals surface area (Å²) >= 11 is 3.78. The zero-order chi connectivity index (χ0) is 28.0. The molecule has 2 nitrogen and oxygen atoms in total. The van der Waals surface area contributed by atoms with Gasteiger partial charge in [0.15, 0.2) is 0 Å². The SMILES string of the molecule is B[C@@H]1Sc2ccccc2C1(C)c1cc(C)ccc1Nc1sc2ccccc2c1Nc1cccc(-c2ccccc2)c1. The lowest BCUT2D eigenvalue weighted by Crippen LogP contribution is -2.33. The lowest BCUT2D eigenvalue weighted by Gasteiger charge is -2.33. The van der Waals surface area contributed by atoms with Crippen LogP contribution in [-0.4, -0.2) is 13.0 Å². The number of thiophene rings is 1. The highest BCUT2D eigenvalue weighted by Crippen LogP contribution is 2.54. The van der Waals surface area contributed by atoms with Gasteiger partial charge in [0.1, 0.15) is 12.8 Å². The van der Waals surface area contributed by atoms with Crippen molar-refractivity contribution in [3.8, 4) is 11.1 Å². The van der Waals surface area contributed by atoms with Crippen molar-refractivity contribution >= 4 is 63.1 Å². The van der Waals surface area contributed by atoms with Gasteiger partial charge >= 0.3 is 0 Å². The largest absolute Gasteiger partial charge is 0.353 e. The van der Waals surface area contributed by atoms with Crippen LogP contribution in [0, 0.1) is 6.92 Å². The number of aryl methyl sites for hydroxylation is 1. The van der Waals surface area contributed by atoms with E-state index in [9.17, 15) is 0 Å². The highest BCUT2D eigenvalue weighted by molar-refractivity contribution is 8.01. The molecule has 2 N–H and O–H groups in total. The molecule has 1 aliphatic rings. The summed E-state index contributed by atoms with van der Waals surface area (Å²) in [7, 11) is 2.36. The molecule has 0 spiro atoms. The zero-order valence-corrected chi connectivity index (χ0v) is 25.1. The maximum absolute atomic E-state index is 3.92. The van der Waals surface area contributed by atoms with E-state index in [-0.39, 0.29) is 5.41 Å². The molecule has 0 saturated carbocycles. The van der Waals surface area contributed by atoms with E-state index in [0.29, 0.717) is 5.15 Å². The van der Waals surface area contributed by atoms with Crippen molar-refractivity contribution in [2.24, 2.45) is 0 Å². The summed E-state index contributed by atoms with van der Waals surface area (Å²) in [5.74, 6) is 0. The monoisotopic (exact) mass is 566 g/mol. The molecule has 41 heavy (non-hydrogen) atoms. The van der Waals surface area contributed by atoms with Crippen LogP contribution in [0.2, 0.25) is 0 Å². The fourth-order valence-corrected chi connectivity index (χ4v) is 8.52. The second kappa shape index (κ2) is 10.5. The highest BCUT2D eigenvalue weighted by Gasteiger charge is 2.43. The van der Waals surface area contributed by atoms with Gasteiger partial charge in [0.2, 0.25) is 0 Å². The molecule has 0 fully saturated rings. The number of fused-ring (bicyclic) bond motifs is 2. The maximum atomic E-state index is 3.92. The van der Waals surface area contributed by atoms with Crippen LogP contribution in [0.5, 0.6) is 0 Å². The Morgan fingerprint density at radius 1 is 0.707 bits per heavy atom. The predicted octanol–water partition coefficient (Wildman–Crippen LogP) is 9.73. The van der Waals surface area contributed by atoms with Crippen LogP contribution in [0.4, 0.5) is 22.1 Å². The Hall–Kier alpha value is -3.93. The van der Waals surface area contributed by atoms with E-state index in [1.54, 1.807) is 11.3 Å². The molecule has 5 aromatic carbocycles. The Labute approximate surface area is 251 Å². The molecular formula is C36H31BN2S2. The maximum Gasteiger partial charge on any atom is 0.120 e. The summed E-state index contributed by atoms with van der Waals surface area (Å²) in [6.07, 6.45) is 0. The van der Waals surface area contributed by atoms with Crippen LogP contribution in [0.1, 0.15) is 23.6 Å². The first-order valence-corrected chi connectivity index (χ1v) is 15.8. The Kier molecular flexibility index (Phi) is 6.65. The van der Waals surface area contributed by atoms with Crippen LogP contribution in [0.15, 0.2) is 126 Å². The van der Waals surface area contributed by atoms with Gasteiger partial charge in [-0.3, -0.25) is 0 Å². The van der Waals surface area contributed by atoms with Crippen molar-refractivity contribution in [3.63, 3.8) is 0 Å². The Morgan fingerprint density at radius 3 is 2.34 bits per heavy atom. The smallest absolute Gasteiger partial charge is 0.120 e. The molecule has 1 aromatic heterocycles. The van der Waals surface area contributed by atoms with Crippen LogP contribution >= 0.6 is 23.1 Å². The lowest BCUT2D eigenvalue weighted by molar-refractivity contribution is 0.628. The summed E-state index contributed by atoms with van der Waals surface area (Å²) < 4.78 is 1.26. The van der Waals surface area contributed by atoms with E-state index in [1.165, 1.54) is 42.8 Å². The van der Waals surface area contributed by atoms with E-state index < -0.39 is 0 Å². The minimum absolute atomic E-state index is 0.107. The number of benzene rings is 5. The fourth-order valence-electron chi connectivity index (χ4n) is 6.02. The second-order valence-corrected chi connectivity index (χ2v) is 13.4. The summed E-state index contributed by atoms with van der Waals surface area (Å²) in [4.78, 5) is 1.39. The topological polar surface area (TPSA) is 24.1 Å². The minimum Gasteiger partial charge on any atom is -0.353 e. The van der Waals surface area contributed by atoms with Gasteiger partial charge in [0.25, 0.3) is 0 Å². The average Bonchev–Trinajstić information content (AvgIpc) is 3.48. The number of rotatable bonds is 6. The van der Waals surface area contributed by atoms with Crippen molar-refractivity contribution in [1.82, 2.24) is 0 Å². The Morgan fingerprint density at radius 2 is 1.46 bits per heavy atom. The molecule has 0 radical (unpaired) electrons. The van der Waals surface area contributed by atoms with Crippen molar-refractivity contribution in [1.29, 1.82) is 0 Å². The first-order valence-electron chi connectivity index (χ1n) is 14.1. The van der Waals surface area contributed by atoms with Gasteiger partial charge in [-0.2, -0.15) is 0 Å². The molecule has 6 aromatic rings. The van der Waals surface area contributed by atoms with Crippen LogP contribution in [-0.2, 0) is 5.41 Å². The third-order valence-corrected chi connectivity index (χ3v) is 10.9. The molecule has 2 heterocycles. The highest BCUT2D eigenvalue weighted by atomic mass is 32.2. The normalized spacial score (nSPS) is 17.9. The fraction of sp³-hybridized carbons (Fsp3) is 0.111. The molecule has 5 heteroatoms. The van der Waals surface area contributed by atoms with Crippen molar-refractivity contribution < 1.29 is 0 Å². The summed E-state index contributed by atoms with van der Waals surface area (Å²) in [6.45, 7) is 4.61. The molecule has 0 saturated heterocycles. The molecular weight excluding hydrogens is 535 g/mol. The zero-order valence-electron chi connectivity index (χ0n) is 23.4. The minimum atomic E-state index is -0.107. The van der Waals surface area contributed by atoms with Gasteiger partial charge in [-0.05, 0) is 64.7 Å². The summed E-state index contributed by atoms with van der Waals surface area (Å²) in [6, 6.07) is 43.7. The molecule has 200 valence electrons. The van der Waals surface area contributed by atoms with E-state index in [0.717, 1.165) is 22.1 Å². The van der Waals surface area contributed by atoms with Crippen molar-refractivity contribution in [2.45, 2.75) is 29.3 Å². The van der Waals surface area contributed by atoms with E-state index in [4.69, 9.17) is 0 Å². The quantitative estimate of drug-likeness (QED) is 0.196. The van der Waals surface area contributed by atoms with Gasteiger partial charge in [-0.15, -0.1) is 23.1 Å². The van der Waals surface area contributed by atoms with Crippen LogP contribution in [0.3, 0.4) is 0 Å². The molecule has 0 amide bonds. The van der Waals surface area contributed by atoms with Crippen molar-refractivity contribution in [2.75, 3.05) is 10.6 Å². The first-order chi connectivity index (χ1) is 20.0. The molecule has 7 rings (SSSR count). The van der Waals surface area contributed by atoms with Gasteiger partial charge < -0.3 is 10.6 Å². The van der Waals surface area contributed by atoms with Gasteiger partial charge in [0, 0.05) is 31.8 Å². The Bertz CT molecular complexity index is 1880. The average molecular weight is 567 g/mol. The van der Waals surface area contributed by atoms with Crippen LogP contribution in [0.25, 0.3) is 21.2 Å². The summed E-state index contributed by atoms with van der Waals surface area (Å²) in [5.41, 5.74) is 9.69. The van der Waals surface area contributed by atoms with E-state index in [2.05, 4.69) is 154 Å². The third-order valence-electron chi connectivity index (χ3n) is 8.38. The molecule has 1 aliphatic heterocycles. The van der Waals surface area contributed by atoms with Crippen molar-refractivity contribution in [3.05, 3.63) is 138 Å². The van der Waals surface area contributed by atoms with Gasteiger partial charge in [-0.25, -0.2) is 0 Å². The van der Waals surface area contributed by atoms with E-state index >= 15 is 0 Å². The summed E-state index contributed by atoms with van der Waals surface area (Å²) in [5, 5.41) is 10.5. The van der Waals surface area contributed by atoms with E-state index in [1.807, 2.05) is 11.8 Å². The second-order valence-electron chi connectivity index (χ2n) is 11.0. The molecule has 1 unspecified atom stereocenters. The molecule has 0 aliphatic carbocycles. The van der Waals surface area contributed by atoms with Gasteiger partial charge in [-0.1, -0.05) is 103 Å². The predicted molar refractivity (Wildman–Crippen MR) is 183 cm³/mol. The molecule has 0 bridgehead atoms. The lowest BCUT2D eigenvalue weighted by atomic mass is 9.67. The number of thioether (sulfide) groups is 1. The number of nitrogens with one attached hydrogen (secondary N) is 2. The Balaban J connectivity index is 1.32.